The Bertz CT molecular complexity index is 1350. The number of nitrogens with one attached hydrogen (secondary N) is 1. The van der Waals surface area contributed by atoms with E-state index < -0.39 is 36.0 Å². The standard InChI is InChI=1S/C29H29F3N2O5/c1-17(18-9-5-4-6-10-18)33-27(36)37-25-24(34-16-19-11-7-8-12-21(19)26(34)35)22-15-20(38-29(30,31)32)13-14-23(22)39-28(25,2)3/h5,7-15,17,24-25H,4,6,16H2,1-3H3,(H,33,36)/t17-,24?,25+/m0/s1. The van der Waals surface area contributed by atoms with E-state index in [-0.39, 0.29) is 29.8 Å². The smallest absolute Gasteiger partial charge is 0.484 e. The SMILES string of the molecule is C[C@H](NC(=O)O[C@@H]1C(N2Cc3ccccc3C2=O)c2cc(OC(F)(F)F)ccc2OC1(C)C)C1=CCCC=C1. The van der Waals surface area contributed by atoms with Crippen LogP contribution in [0.3, 0.4) is 0 Å². The van der Waals surface area contributed by atoms with Crippen LogP contribution in [0.5, 0.6) is 11.5 Å². The number of allylic oxidation sites excluding steroid dienone is 2. The van der Waals surface area contributed by atoms with Crippen LogP contribution >= 0.6 is 0 Å². The van der Waals surface area contributed by atoms with Crippen LogP contribution < -0.4 is 14.8 Å². The van der Waals surface area contributed by atoms with E-state index in [1.54, 1.807) is 26.0 Å². The van der Waals surface area contributed by atoms with E-state index >= 15 is 0 Å². The van der Waals surface area contributed by atoms with Crippen molar-refractivity contribution in [2.75, 3.05) is 0 Å². The molecule has 2 aromatic rings. The first kappa shape index (κ1) is 26.6. The fourth-order valence-electron chi connectivity index (χ4n) is 5.34. The Morgan fingerprint density at radius 2 is 1.95 bits per heavy atom. The van der Waals surface area contributed by atoms with Crippen LogP contribution in [0.4, 0.5) is 18.0 Å². The maximum atomic E-state index is 13.5. The van der Waals surface area contributed by atoms with Gasteiger partial charge in [-0.1, -0.05) is 36.4 Å². The number of carbonyl (C=O) groups is 2. The number of fused-ring (bicyclic) bond motifs is 2. The summed E-state index contributed by atoms with van der Waals surface area (Å²) in [4.78, 5) is 28.2. The highest BCUT2D eigenvalue weighted by molar-refractivity contribution is 5.98. The van der Waals surface area contributed by atoms with E-state index in [1.165, 1.54) is 17.0 Å². The summed E-state index contributed by atoms with van der Waals surface area (Å²) in [6.07, 6.45) is 1.12. The van der Waals surface area contributed by atoms with E-state index in [0.29, 0.717) is 5.56 Å². The molecule has 0 radical (unpaired) electrons. The highest BCUT2D eigenvalue weighted by Gasteiger charge is 2.52. The number of benzene rings is 2. The molecule has 3 aliphatic rings. The van der Waals surface area contributed by atoms with Gasteiger partial charge >= 0.3 is 12.5 Å². The molecule has 5 rings (SSSR count). The minimum atomic E-state index is -4.91. The first-order valence-corrected chi connectivity index (χ1v) is 12.7. The molecule has 0 saturated heterocycles. The topological polar surface area (TPSA) is 77.1 Å². The number of halogens is 3. The van der Waals surface area contributed by atoms with Crippen molar-refractivity contribution in [3.05, 3.63) is 83.0 Å². The summed E-state index contributed by atoms with van der Waals surface area (Å²) in [6.45, 7) is 5.45. The number of carbonyl (C=O) groups excluding carboxylic acids is 2. The normalized spacial score (nSPS) is 22.3. The van der Waals surface area contributed by atoms with Crippen molar-refractivity contribution >= 4 is 12.0 Å². The van der Waals surface area contributed by atoms with E-state index in [1.807, 2.05) is 37.3 Å². The van der Waals surface area contributed by atoms with Crippen LogP contribution in [0.15, 0.2) is 66.3 Å². The number of rotatable bonds is 5. The Hall–Kier alpha value is -3.95. The number of alkyl carbamates (subject to hydrolysis) is 1. The molecule has 1 aliphatic carbocycles. The highest BCUT2D eigenvalue weighted by atomic mass is 19.4. The Kier molecular flexibility index (Phi) is 6.82. The summed E-state index contributed by atoms with van der Waals surface area (Å²) in [7, 11) is 0. The molecule has 10 heteroatoms. The molecule has 0 spiro atoms. The molecule has 3 atom stereocenters. The first-order chi connectivity index (χ1) is 18.4. The summed E-state index contributed by atoms with van der Waals surface area (Å²) in [5.74, 6) is -0.512. The predicted molar refractivity (Wildman–Crippen MR) is 136 cm³/mol. The quantitative estimate of drug-likeness (QED) is 0.486. The minimum absolute atomic E-state index is 0.190. The van der Waals surface area contributed by atoms with Gasteiger partial charge in [0.1, 0.15) is 23.1 Å². The number of hydrogen-bond donors (Lipinski definition) is 1. The molecule has 2 amide bonds. The lowest BCUT2D eigenvalue weighted by atomic mass is 9.85. The molecule has 0 bridgehead atoms. The second-order valence-electron chi connectivity index (χ2n) is 10.4. The van der Waals surface area contributed by atoms with Crippen molar-refractivity contribution in [2.45, 2.75) is 70.3 Å². The first-order valence-electron chi connectivity index (χ1n) is 12.7. The van der Waals surface area contributed by atoms with Crippen molar-refractivity contribution < 1.29 is 37.0 Å². The second kappa shape index (κ2) is 9.98. The number of alkyl halides is 3. The Balaban J connectivity index is 1.51. The number of amides is 2. The third-order valence-electron chi connectivity index (χ3n) is 7.16. The fourth-order valence-corrected chi connectivity index (χ4v) is 5.34. The number of hydrogen-bond acceptors (Lipinski definition) is 5. The van der Waals surface area contributed by atoms with Crippen LogP contribution in [0.1, 0.15) is 61.1 Å². The lowest BCUT2D eigenvalue weighted by molar-refractivity contribution is -0.274. The summed E-state index contributed by atoms with van der Waals surface area (Å²) in [5, 5.41) is 2.83. The average Bonchev–Trinajstić information content (AvgIpc) is 3.20. The lowest BCUT2D eigenvalue weighted by Gasteiger charge is -2.46. The Morgan fingerprint density at radius 1 is 1.18 bits per heavy atom. The van der Waals surface area contributed by atoms with Gasteiger partial charge in [-0.15, -0.1) is 13.2 Å². The molecule has 2 aromatic carbocycles. The van der Waals surface area contributed by atoms with Crippen LogP contribution in [-0.4, -0.2) is 41.0 Å². The zero-order valence-corrected chi connectivity index (χ0v) is 21.7. The van der Waals surface area contributed by atoms with Gasteiger partial charge in [0, 0.05) is 17.7 Å². The molecule has 2 heterocycles. The summed E-state index contributed by atoms with van der Waals surface area (Å²) >= 11 is 0. The van der Waals surface area contributed by atoms with Crippen LogP contribution in [0.25, 0.3) is 0 Å². The van der Waals surface area contributed by atoms with Crippen LogP contribution in [0.2, 0.25) is 0 Å². The minimum Gasteiger partial charge on any atom is -0.484 e. The van der Waals surface area contributed by atoms with Crippen molar-refractivity contribution in [3.8, 4) is 11.5 Å². The third-order valence-corrected chi connectivity index (χ3v) is 7.16. The second-order valence-corrected chi connectivity index (χ2v) is 10.4. The van der Waals surface area contributed by atoms with Gasteiger partial charge in [0.05, 0.1) is 6.04 Å². The monoisotopic (exact) mass is 542 g/mol. The summed E-state index contributed by atoms with van der Waals surface area (Å²) in [6, 6.07) is 9.50. The van der Waals surface area contributed by atoms with Gasteiger partial charge in [0.2, 0.25) is 0 Å². The molecule has 206 valence electrons. The molecule has 1 unspecified atom stereocenters. The average molecular weight is 543 g/mol. The van der Waals surface area contributed by atoms with Crippen LogP contribution in [0, 0.1) is 0 Å². The Morgan fingerprint density at radius 3 is 2.64 bits per heavy atom. The van der Waals surface area contributed by atoms with E-state index in [2.05, 4.69) is 10.1 Å². The van der Waals surface area contributed by atoms with Crippen LogP contribution in [-0.2, 0) is 11.3 Å². The molecule has 0 saturated carbocycles. The Labute approximate surface area is 224 Å². The van der Waals surface area contributed by atoms with Crippen molar-refractivity contribution in [1.82, 2.24) is 10.2 Å². The fraction of sp³-hybridized carbons (Fsp3) is 0.379. The molecule has 0 aromatic heterocycles. The van der Waals surface area contributed by atoms with E-state index in [0.717, 1.165) is 30.0 Å². The summed E-state index contributed by atoms with van der Waals surface area (Å²) in [5.41, 5.74) is 1.31. The van der Waals surface area contributed by atoms with Gasteiger partial charge in [0.25, 0.3) is 5.91 Å². The van der Waals surface area contributed by atoms with Gasteiger partial charge in [-0.25, -0.2) is 4.79 Å². The zero-order chi connectivity index (χ0) is 27.9. The van der Waals surface area contributed by atoms with E-state index in [4.69, 9.17) is 9.47 Å². The molecular formula is C29H29F3N2O5. The molecule has 2 aliphatic heterocycles. The van der Waals surface area contributed by atoms with Crippen molar-refractivity contribution in [2.24, 2.45) is 0 Å². The van der Waals surface area contributed by atoms with Gasteiger partial charge in [-0.05, 0) is 69.0 Å². The van der Waals surface area contributed by atoms with Gasteiger partial charge in [-0.3, -0.25) is 4.79 Å². The molecular weight excluding hydrogens is 513 g/mol. The molecule has 7 nitrogen and oxygen atoms in total. The van der Waals surface area contributed by atoms with Crippen molar-refractivity contribution in [3.63, 3.8) is 0 Å². The predicted octanol–water partition coefficient (Wildman–Crippen LogP) is 6.21. The van der Waals surface area contributed by atoms with Gasteiger partial charge in [-0.2, -0.15) is 0 Å². The van der Waals surface area contributed by atoms with Gasteiger partial charge < -0.3 is 24.4 Å². The maximum absolute atomic E-state index is 13.5. The largest absolute Gasteiger partial charge is 0.573 e. The van der Waals surface area contributed by atoms with Crippen molar-refractivity contribution in [1.29, 1.82) is 0 Å². The van der Waals surface area contributed by atoms with Gasteiger partial charge in [0.15, 0.2) is 6.10 Å². The number of ether oxygens (including phenoxy) is 3. The molecule has 39 heavy (non-hydrogen) atoms. The molecule has 0 fully saturated rings. The highest BCUT2D eigenvalue weighted by Crippen LogP contribution is 2.48. The summed E-state index contributed by atoms with van der Waals surface area (Å²) < 4.78 is 55.4. The number of nitrogens with zero attached hydrogens (tertiary/aromatic N) is 1. The zero-order valence-electron chi connectivity index (χ0n) is 21.7. The molecule has 1 N–H and O–H groups in total. The lowest BCUT2D eigenvalue weighted by Crippen LogP contribution is -2.56. The maximum Gasteiger partial charge on any atom is 0.573 e. The van der Waals surface area contributed by atoms with E-state index in [9.17, 15) is 22.8 Å². The third kappa shape index (κ3) is 5.46.